The van der Waals surface area contributed by atoms with E-state index in [1.165, 1.54) is 11.2 Å². The third-order valence-electron chi connectivity index (χ3n) is 4.59. The van der Waals surface area contributed by atoms with Gasteiger partial charge in [-0.15, -0.1) is 0 Å². The second-order valence-electron chi connectivity index (χ2n) is 6.75. The maximum Gasteiger partial charge on any atom is 0.290 e. The number of carbonyl (C=O) groups is 2. The zero-order valence-corrected chi connectivity index (χ0v) is 16.3. The average Bonchev–Trinajstić information content (AvgIpc) is 3.48. The highest BCUT2D eigenvalue weighted by Crippen LogP contribution is 2.19. The smallest absolute Gasteiger partial charge is 0.290 e. The van der Waals surface area contributed by atoms with Crippen LogP contribution in [0.2, 0.25) is 0 Å². The van der Waals surface area contributed by atoms with Gasteiger partial charge in [0.15, 0.2) is 5.76 Å². The summed E-state index contributed by atoms with van der Waals surface area (Å²) >= 11 is 0. The molecule has 1 aliphatic rings. The molecule has 3 aromatic rings. The summed E-state index contributed by atoms with van der Waals surface area (Å²) in [6.07, 6.45) is 1.44. The van der Waals surface area contributed by atoms with E-state index in [-0.39, 0.29) is 30.7 Å². The maximum atomic E-state index is 12.9. The van der Waals surface area contributed by atoms with Crippen LogP contribution in [0.3, 0.4) is 0 Å². The van der Waals surface area contributed by atoms with Crippen LogP contribution in [0.5, 0.6) is 0 Å². The Kier molecular flexibility index (Phi) is 5.89. The number of anilines is 1. The van der Waals surface area contributed by atoms with Crippen LogP contribution in [0.4, 0.5) is 5.69 Å². The minimum atomic E-state index is -0.351. The van der Waals surface area contributed by atoms with Crippen molar-refractivity contribution in [2.75, 3.05) is 25.0 Å². The molecular weight excluding hydrogens is 382 g/mol. The van der Waals surface area contributed by atoms with E-state index in [1.54, 1.807) is 18.2 Å². The van der Waals surface area contributed by atoms with Gasteiger partial charge in [0.25, 0.3) is 5.91 Å². The Morgan fingerprint density at radius 2 is 1.80 bits per heavy atom. The van der Waals surface area contributed by atoms with Crippen molar-refractivity contribution in [2.24, 2.45) is 4.99 Å². The summed E-state index contributed by atoms with van der Waals surface area (Å²) in [5.74, 6) is 0.0271. The molecule has 0 saturated carbocycles. The molecule has 7 nitrogen and oxygen atoms in total. The second-order valence-corrected chi connectivity index (χ2v) is 6.75. The number of nitrogens with one attached hydrogen (secondary N) is 1. The average molecular weight is 403 g/mol. The molecule has 0 atom stereocenters. The lowest BCUT2D eigenvalue weighted by molar-refractivity contribution is -0.117. The molecule has 2 amide bonds. The van der Waals surface area contributed by atoms with Crippen molar-refractivity contribution in [1.82, 2.24) is 4.90 Å². The van der Waals surface area contributed by atoms with Crippen molar-refractivity contribution < 1.29 is 18.7 Å². The van der Waals surface area contributed by atoms with Crippen molar-refractivity contribution in [3.8, 4) is 0 Å². The van der Waals surface area contributed by atoms with Crippen LogP contribution >= 0.6 is 0 Å². The third kappa shape index (κ3) is 4.57. The van der Waals surface area contributed by atoms with Crippen LogP contribution in [0.1, 0.15) is 21.7 Å². The van der Waals surface area contributed by atoms with E-state index >= 15 is 0 Å². The fourth-order valence-corrected chi connectivity index (χ4v) is 3.20. The van der Waals surface area contributed by atoms with E-state index in [0.29, 0.717) is 24.7 Å². The molecule has 0 fully saturated rings. The maximum absolute atomic E-state index is 12.9. The summed E-state index contributed by atoms with van der Waals surface area (Å²) < 4.78 is 10.8. The van der Waals surface area contributed by atoms with Crippen LogP contribution in [0, 0.1) is 0 Å². The first-order valence-corrected chi connectivity index (χ1v) is 9.64. The van der Waals surface area contributed by atoms with Crippen molar-refractivity contribution in [2.45, 2.75) is 6.54 Å². The van der Waals surface area contributed by atoms with E-state index in [0.717, 1.165) is 11.1 Å². The number of benzene rings is 2. The first-order chi connectivity index (χ1) is 14.7. The van der Waals surface area contributed by atoms with Gasteiger partial charge in [-0.2, -0.15) is 0 Å². The predicted octanol–water partition coefficient (Wildman–Crippen LogP) is 3.34. The number of aliphatic imine (C=N–C) groups is 1. The van der Waals surface area contributed by atoms with Crippen molar-refractivity contribution >= 4 is 23.4 Å². The number of carbonyl (C=O) groups excluding carboxylic acids is 2. The summed E-state index contributed by atoms with van der Waals surface area (Å²) in [6, 6.07) is 20.0. The van der Waals surface area contributed by atoms with Gasteiger partial charge in [-0.25, -0.2) is 4.99 Å². The third-order valence-corrected chi connectivity index (χ3v) is 4.59. The van der Waals surface area contributed by atoms with E-state index in [1.807, 2.05) is 48.5 Å². The van der Waals surface area contributed by atoms with E-state index in [4.69, 9.17) is 9.15 Å². The van der Waals surface area contributed by atoms with Gasteiger partial charge in [0.2, 0.25) is 11.8 Å². The molecule has 0 radical (unpaired) electrons. The lowest BCUT2D eigenvalue weighted by atomic mass is 10.1. The van der Waals surface area contributed by atoms with Crippen molar-refractivity contribution in [3.05, 3.63) is 89.9 Å². The number of hydrogen-bond donors (Lipinski definition) is 1. The number of nitrogens with zero attached hydrogens (tertiary/aromatic N) is 2. The molecule has 1 aliphatic heterocycles. The Balaban J connectivity index is 1.51. The minimum Gasteiger partial charge on any atom is -0.475 e. The molecule has 2 heterocycles. The van der Waals surface area contributed by atoms with E-state index in [2.05, 4.69) is 10.3 Å². The number of ether oxygens (including phenoxy) is 1. The molecule has 0 bridgehead atoms. The molecule has 30 heavy (non-hydrogen) atoms. The zero-order chi connectivity index (χ0) is 20.8. The summed E-state index contributed by atoms with van der Waals surface area (Å²) in [5, 5.41) is 2.88. The molecule has 7 heteroatoms. The Labute approximate surface area is 174 Å². The van der Waals surface area contributed by atoms with Crippen molar-refractivity contribution in [1.29, 1.82) is 0 Å². The summed E-state index contributed by atoms with van der Waals surface area (Å²) in [7, 11) is 0. The first-order valence-electron chi connectivity index (χ1n) is 9.64. The van der Waals surface area contributed by atoms with Crippen LogP contribution < -0.4 is 5.32 Å². The minimum absolute atomic E-state index is 0.129. The molecule has 1 N–H and O–H groups in total. The Morgan fingerprint density at radius 1 is 1.00 bits per heavy atom. The monoisotopic (exact) mass is 403 g/mol. The lowest BCUT2D eigenvalue weighted by Crippen LogP contribution is -2.37. The molecule has 0 unspecified atom stereocenters. The number of furan rings is 1. The Bertz CT molecular complexity index is 1050. The fourth-order valence-electron chi connectivity index (χ4n) is 3.20. The zero-order valence-electron chi connectivity index (χ0n) is 16.3. The number of amides is 2. The molecular formula is C23H21N3O4. The van der Waals surface area contributed by atoms with Gasteiger partial charge in [-0.05, 0) is 29.8 Å². The first kappa shape index (κ1) is 19.4. The molecule has 152 valence electrons. The molecule has 4 rings (SSSR count). The SMILES string of the molecule is O=C(CN(Cc1ccccc1)C(=O)c1ccco1)Nc1ccccc1C1=NCCO1. The largest absolute Gasteiger partial charge is 0.475 e. The number of rotatable bonds is 7. The highest BCUT2D eigenvalue weighted by atomic mass is 16.5. The van der Waals surface area contributed by atoms with Crippen molar-refractivity contribution in [3.63, 3.8) is 0 Å². The van der Waals surface area contributed by atoms with Crippen LogP contribution in [-0.4, -0.2) is 42.3 Å². The normalized spacial score (nSPS) is 12.7. The molecule has 0 spiro atoms. The fraction of sp³-hybridized carbons (Fsp3) is 0.174. The van der Waals surface area contributed by atoms with Gasteiger partial charge in [0, 0.05) is 6.54 Å². The Morgan fingerprint density at radius 3 is 2.53 bits per heavy atom. The Hall–Kier alpha value is -3.87. The van der Waals surface area contributed by atoms with Crippen LogP contribution in [-0.2, 0) is 16.1 Å². The summed E-state index contributed by atoms with van der Waals surface area (Å²) in [6.45, 7) is 1.28. The van der Waals surface area contributed by atoms with Gasteiger partial charge in [-0.1, -0.05) is 42.5 Å². The second kappa shape index (κ2) is 9.09. The van der Waals surface area contributed by atoms with Gasteiger partial charge >= 0.3 is 0 Å². The number of para-hydroxylation sites is 1. The summed E-state index contributed by atoms with van der Waals surface area (Å²) in [4.78, 5) is 31.5. The van der Waals surface area contributed by atoms with E-state index < -0.39 is 0 Å². The van der Waals surface area contributed by atoms with Gasteiger partial charge in [0.1, 0.15) is 13.2 Å². The number of hydrogen-bond acceptors (Lipinski definition) is 5. The van der Waals surface area contributed by atoms with E-state index in [9.17, 15) is 9.59 Å². The summed E-state index contributed by atoms with van der Waals surface area (Å²) in [5.41, 5.74) is 2.22. The molecule has 0 aliphatic carbocycles. The molecule has 0 saturated heterocycles. The van der Waals surface area contributed by atoms with Gasteiger partial charge in [0.05, 0.1) is 24.1 Å². The topological polar surface area (TPSA) is 84.1 Å². The molecule has 2 aromatic carbocycles. The lowest BCUT2D eigenvalue weighted by Gasteiger charge is -2.22. The highest BCUT2D eigenvalue weighted by molar-refractivity contribution is 6.05. The standard InChI is InChI=1S/C23H21N3O4/c27-21(25-19-10-5-4-9-18(19)22-24-12-14-30-22)16-26(15-17-7-2-1-3-8-17)23(28)20-11-6-13-29-20/h1-11,13H,12,14-16H2,(H,25,27). The van der Waals surface area contributed by atoms with Crippen LogP contribution in [0.25, 0.3) is 0 Å². The highest BCUT2D eigenvalue weighted by Gasteiger charge is 2.22. The van der Waals surface area contributed by atoms with Gasteiger partial charge < -0.3 is 19.4 Å². The predicted molar refractivity (Wildman–Crippen MR) is 112 cm³/mol. The quantitative estimate of drug-likeness (QED) is 0.656. The van der Waals surface area contributed by atoms with Gasteiger partial charge in [-0.3, -0.25) is 9.59 Å². The molecule has 1 aromatic heterocycles. The van der Waals surface area contributed by atoms with Crippen LogP contribution in [0.15, 0.2) is 82.4 Å².